The number of pyridine rings is 1. The van der Waals surface area contributed by atoms with Crippen molar-refractivity contribution >= 4 is 39.1 Å². The summed E-state index contributed by atoms with van der Waals surface area (Å²) in [5, 5.41) is 14.3. The number of esters is 1. The zero-order valence-electron chi connectivity index (χ0n) is 24.7. The van der Waals surface area contributed by atoms with E-state index in [0.717, 1.165) is 77.8 Å². The van der Waals surface area contributed by atoms with Gasteiger partial charge < -0.3 is 10.1 Å². The Morgan fingerprint density at radius 3 is 2.67 bits per heavy atom. The third kappa shape index (κ3) is 5.80. The van der Waals surface area contributed by atoms with Gasteiger partial charge in [0, 0.05) is 41.0 Å². The summed E-state index contributed by atoms with van der Waals surface area (Å²) in [5.41, 5.74) is 5.94. The van der Waals surface area contributed by atoms with Gasteiger partial charge in [-0.1, -0.05) is 62.4 Å². The molecule has 1 amide bonds. The number of carbonyl (C=O) groups excluding carboxylic acids is 2. The van der Waals surface area contributed by atoms with Crippen molar-refractivity contribution in [2.75, 3.05) is 18.4 Å². The normalized spacial score (nSPS) is 17.0. The van der Waals surface area contributed by atoms with Crippen LogP contribution in [-0.2, 0) is 35.3 Å². The molecule has 1 N–H and O–H groups in total. The van der Waals surface area contributed by atoms with Crippen LogP contribution < -0.4 is 5.32 Å². The average molecular weight is 593 g/mol. The molecule has 0 saturated heterocycles. The highest BCUT2D eigenvalue weighted by Gasteiger charge is 2.31. The van der Waals surface area contributed by atoms with Gasteiger partial charge in [0.2, 0.25) is 0 Å². The molecular weight excluding hydrogens is 556 g/mol. The minimum atomic E-state index is -0.992. The quantitative estimate of drug-likeness (QED) is 0.227. The van der Waals surface area contributed by atoms with Crippen LogP contribution in [0.25, 0.3) is 10.9 Å². The number of anilines is 1. The maximum Gasteiger partial charge on any atom is 0.340 e. The van der Waals surface area contributed by atoms with Crippen molar-refractivity contribution in [1.29, 1.82) is 5.26 Å². The van der Waals surface area contributed by atoms with Gasteiger partial charge in [-0.3, -0.25) is 14.7 Å². The second kappa shape index (κ2) is 12.7. The predicted molar refractivity (Wildman–Crippen MR) is 169 cm³/mol. The lowest BCUT2D eigenvalue weighted by molar-refractivity contribution is -0.124. The Labute approximate surface area is 256 Å². The van der Waals surface area contributed by atoms with Crippen molar-refractivity contribution in [3.8, 4) is 6.07 Å². The van der Waals surface area contributed by atoms with E-state index in [1.165, 1.54) is 16.9 Å². The lowest BCUT2D eigenvalue weighted by Gasteiger charge is -2.30. The van der Waals surface area contributed by atoms with Gasteiger partial charge in [-0.15, -0.1) is 11.3 Å². The van der Waals surface area contributed by atoms with Gasteiger partial charge in [-0.05, 0) is 61.8 Å². The van der Waals surface area contributed by atoms with E-state index < -0.39 is 18.0 Å². The molecule has 0 fully saturated rings. The van der Waals surface area contributed by atoms with Crippen molar-refractivity contribution in [2.45, 2.75) is 70.9 Å². The van der Waals surface area contributed by atoms with Crippen LogP contribution in [0.15, 0.2) is 54.6 Å². The standard InChI is InChI=1S/C35H36N4O3S/c1-3-17-39-18-16-29-27(21-39)32(25-12-8-9-13-28(25)37-29)35(41)42-30(4-2)33(40)38-34-26(20-36)24-15-14-23(19-31(24)43-34)22-10-6-5-7-11-22/h5-13,23,30H,3-4,14-19,21H2,1-2H3,(H,38,40). The van der Waals surface area contributed by atoms with E-state index >= 15 is 0 Å². The number of para-hydroxylation sites is 1. The first-order valence-corrected chi connectivity index (χ1v) is 16.1. The van der Waals surface area contributed by atoms with Gasteiger partial charge in [0.25, 0.3) is 5.91 Å². The van der Waals surface area contributed by atoms with Crippen LogP contribution in [0.4, 0.5) is 5.00 Å². The molecular formula is C35H36N4O3S. The molecule has 6 rings (SSSR count). The number of hydrogen-bond donors (Lipinski definition) is 1. The summed E-state index contributed by atoms with van der Waals surface area (Å²) in [4.78, 5) is 35.8. The Balaban J connectivity index is 1.24. The Kier molecular flexibility index (Phi) is 8.55. The third-order valence-electron chi connectivity index (χ3n) is 8.67. The molecule has 1 aliphatic heterocycles. The summed E-state index contributed by atoms with van der Waals surface area (Å²) in [6.45, 7) is 6.45. The molecule has 2 aromatic heterocycles. The molecule has 1 aliphatic carbocycles. The lowest BCUT2D eigenvalue weighted by atomic mass is 9.83. The topological polar surface area (TPSA) is 95.3 Å². The predicted octanol–water partition coefficient (Wildman–Crippen LogP) is 6.78. The maximum atomic E-state index is 13.9. The molecule has 2 unspecified atom stereocenters. The third-order valence-corrected chi connectivity index (χ3v) is 9.84. The van der Waals surface area contributed by atoms with E-state index in [1.54, 1.807) is 0 Å². The minimum Gasteiger partial charge on any atom is -0.449 e. The highest BCUT2D eigenvalue weighted by Crippen LogP contribution is 2.42. The molecule has 3 heterocycles. The summed E-state index contributed by atoms with van der Waals surface area (Å²) in [5.74, 6) is -0.529. The van der Waals surface area contributed by atoms with Crippen molar-refractivity contribution in [2.24, 2.45) is 0 Å². The summed E-state index contributed by atoms with van der Waals surface area (Å²) in [6.07, 6.45) is 3.72. The van der Waals surface area contributed by atoms with Gasteiger partial charge in [0.05, 0.1) is 16.6 Å². The number of amides is 1. The molecule has 0 bridgehead atoms. The molecule has 7 nitrogen and oxygen atoms in total. The first-order chi connectivity index (χ1) is 21.0. The van der Waals surface area contributed by atoms with Crippen molar-refractivity contribution < 1.29 is 14.3 Å². The van der Waals surface area contributed by atoms with Gasteiger partial charge in [-0.2, -0.15) is 5.26 Å². The van der Waals surface area contributed by atoms with Crippen LogP contribution in [0.3, 0.4) is 0 Å². The molecule has 2 atom stereocenters. The van der Waals surface area contributed by atoms with Crippen LogP contribution in [0, 0.1) is 11.3 Å². The number of fused-ring (bicyclic) bond motifs is 3. The Bertz CT molecular complexity index is 1710. The number of nitrogens with zero attached hydrogens (tertiary/aromatic N) is 3. The maximum absolute atomic E-state index is 13.9. The number of ether oxygens (including phenoxy) is 1. The SMILES string of the molecule is CCCN1CCc2nc3ccccc3c(C(=O)OC(CC)C(=O)Nc3sc4c(c3C#N)CCC(c3ccccc3)C4)c2C1. The summed E-state index contributed by atoms with van der Waals surface area (Å²) in [7, 11) is 0. The highest BCUT2D eigenvalue weighted by atomic mass is 32.1. The molecule has 2 aromatic carbocycles. The number of nitriles is 1. The van der Waals surface area contributed by atoms with E-state index in [-0.39, 0.29) is 0 Å². The van der Waals surface area contributed by atoms with E-state index in [4.69, 9.17) is 9.72 Å². The van der Waals surface area contributed by atoms with E-state index in [1.807, 2.05) is 37.3 Å². The minimum absolute atomic E-state index is 0.313. The fraction of sp³-hybridized carbons (Fsp3) is 0.371. The molecule has 0 spiro atoms. The number of thiophene rings is 1. The number of aromatic nitrogens is 1. The molecule has 4 aromatic rings. The van der Waals surface area contributed by atoms with Crippen LogP contribution in [-0.4, -0.2) is 41.0 Å². The summed E-state index contributed by atoms with van der Waals surface area (Å²) >= 11 is 1.47. The molecule has 8 heteroatoms. The van der Waals surface area contributed by atoms with Crippen LogP contribution in [0.2, 0.25) is 0 Å². The monoisotopic (exact) mass is 592 g/mol. The van der Waals surface area contributed by atoms with Gasteiger partial charge in [-0.25, -0.2) is 4.79 Å². The fourth-order valence-corrected chi connectivity index (χ4v) is 7.77. The fourth-order valence-electron chi connectivity index (χ4n) is 6.49. The van der Waals surface area contributed by atoms with Gasteiger partial charge in [0.15, 0.2) is 6.10 Å². The van der Waals surface area contributed by atoms with Crippen molar-refractivity contribution in [3.63, 3.8) is 0 Å². The smallest absolute Gasteiger partial charge is 0.340 e. The first kappa shape index (κ1) is 29.0. The zero-order chi connectivity index (χ0) is 29.9. The number of hydrogen-bond acceptors (Lipinski definition) is 7. The summed E-state index contributed by atoms with van der Waals surface area (Å²) < 4.78 is 5.96. The zero-order valence-corrected chi connectivity index (χ0v) is 25.5. The molecule has 43 heavy (non-hydrogen) atoms. The van der Waals surface area contributed by atoms with Crippen LogP contribution in [0.1, 0.15) is 82.2 Å². The largest absolute Gasteiger partial charge is 0.449 e. The van der Waals surface area contributed by atoms with Gasteiger partial charge >= 0.3 is 5.97 Å². The van der Waals surface area contributed by atoms with E-state index in [9.17, 15) is 14.9 Å². The lowest BCUT2D eigenvalue weighted by Crippen LogP contribution is -2.35. The van der Waals surface area contributed by atoms with E-state index in [2.05, 4.69) is 47.5 Å². The van der Waals surface area contributed by atoms with Gasteiger partial charge in [0.1, 0.15) is 11.1 Å². The second-order valence-electron chi connectivity index (χ2n) is 11.4. The van der Waals surface area contributed by atoms with E-state index in [0.29, 0.717) is 35.0 Å². The highest BCUT2D eigenvalue weighted by molar-refractivity contribution is 7.16. The molecule has 0 saturated carbocycles. The van der Waals surface area contributed by atoms with Crippen LogP contribution >= 0.6 is 11.3 Å². The first-order valence-electron chi connectivity index (χ1n) is 15.2. The molecule has 0 radical (unpaired) electrons. The molecule has 220 valence electrons. The number of benzene rings is 2. The van der Waals surface area contributed by atoms with Crippen molar-refractivity contribution in [1.82, 2.24) is 9.88 Å². The number of carbonyl (C=O) groups is 2. The number of nitrogens with one attached hydrogen (secondary N) is 1. The summed E-state index contributed by atoms with van der Waals surface area (Å²) in [6, 6.07) is 20.4. The van der Waals surface area contributed by atoms with Crippen molar-refractivity contribution in [3.05, 3.63) is 93.0 Å². The second-order valence-corrected chi connectivity index (χ2v) is 12.5. The molecule has 2 aliphatic rings. The van der Waals surface area contributed by atoms with Crippen LogP contribution in [0.5, 0.6) is 0 Å². The Morgan fingerprint density at radius 1 is 1.12 bits per heavy atom. The Morgan fingerprint density at radius 2 is 1.91 bits per heavy atom. The number of rotatable bonds is 8. The average Bonchev–Trinajstić information content (AvgIpc) is 3.38. The Hall–Kier alpha value is -4.06.